The van der Waals surface area contributed by atoms with E-state index in [1.54, 1.807) is 6.07 Å². The molecule has 100 valence electrons. The zero-order chi connectivity index (χ0) is 13.9. The average molecular weight is 303 g/mol. The van der Waals surface area contributed by atoms with Crippen LogP contribution in [0.2, 0.25) is 4.34 Å². The van der Waals surface area contributed by atoms with Crippen molar-refractivity contribution in [2.45, 2.75) is 6.54 Å². The van der Waals surface area contributed by atoms with E-state index in [1.165, 1.54) is 11.3 Å². The van der Waals surface area contributed by atoms with Gasteiger partial charge in [-0.05, 0) is 24.3 Å². The molecule has 0 aliphatic carbocycles. The van der Waals surface area contributed by atoms with Crippen molar-refractivity contribution in [2.24, 2.45) is 0 Å². The number of carbonyl (C=O) groups is 1. The smallest absolute Gasteiger partial charge is 0.270 e. The van der Waals surface area contributed by atoms with E-state index >= 15 is 0 Å². The molecule has 0 unspecified atom stereocenters. The van der Waals surface area contributed by atoms with Crippen LogP contribution in [0, 0.1) is 0 Å². The molecule has 3 aromatic rings. The van der Waals surface area contributed by atoms with Crippen molar-refractivity contribution in [3.63, 3.8) is 0 Å². The quantitative estimate of drug-likeness (QED) is 0.798. The molecule has 1 aromatic carbocycles. The number of fused-ring (bicyclic) bond motifs is 1. The number of aromatic nitrogens is 1. The van der Waals surface area contributed by atoms with Crippen molar-refractivity contribution < 1.29 is 4.79 Å². The standard InChI is InChI=1S/C15H11ClN2OS/c16-14-8-6-11(20-14)9-17-15(19)13-7-5-10-3-1-2-4-12(10)18-13/h1-8H,9H2,(H,17,19). The second-order valence-electron chi connectivity index (χ2n) is 4.28. The number of nitrogens with one attached hydrogen (secondary N) is 1. The van der Waals surface area contributed by atoms with Crippen LogP contribution < -0.4 is 5.32 Å². The van der Waals surface area contributed by atoms with Gasteiger partial charge < -0.3 is 5.32 Å². The van der Waals surface area contributed by atoms with Crippen LogP contribution in [0.1, 0.15) is 15.4 Å². The summed E-state index contributed by atoms with van der Waals surface area (Å²) in [5, 5.41) is 3.87. The molecule has 20 heavy (non-hydrogen) atoms. The monoisotopic (exact) mass is 302 g/mol. The number of nitrogens with zero attached hydrogens (tertiary/aromatic N) is 1. The van der Waals surface area contributed by atoms with Gasteiger partial charge in [0.25, 0.3) is 5.91 Å². The lowest BCUT2D eigenvalue weighted by Crippen LogP contribution is -2.23. The van der Waals surface area contributed by atoms with E-state index in [1.807, 2.05) is 42.5 Å². The first-order valence-electron chi connectivity index (χ1n) is 6.10. The maximum atomic E-state index is 12.1. The van der Waals surface area contributed by atoms with Crippen LogP contribution in [0.4, 0.5) is 0 Å². The van der Waals surface area contributed by atoms with Gasteiger partial charge in [0.05, 0.1) is 16.4 Å². The number of carbonyl (C=O) groups excluding carboxylic acids is 1. The molecule has 0 fully saturated rings. The molecule has 0 saturated carbocycles. The summed E-state index contributed by atoms with van der Waals surface area (Å²) in [6, 6.07) is 15.1. The van der Waals surface area contributed by atoms with Crippen LogP contribution in [0.25, 0.3) is 10.9 Å². The Hall–Kier alpha value is -1.91. The van der Waals surface area contributed by atoms with Crippen molar-refractivity contribution in [3.05, 3.63) is 63.4 Å². The Morgan fingerprint density at radius 2 is 2.00 bits per heavy atom. The average Bonchev–Trinajstić information content (AvgIpc) is 2.90. The molecule has 0 aliphatic heterocycles. The number of para-hydroxylation sites is 1. The number of hydrogen-bond donors (Lipinski definition) is 1. The SMILES string of the molecule is O=C(NCc1ccc(Cl)s1)c1ccc2ccccc2n1. The fourth-order valence-corrected chi connectivity index (χ4v) is 2.92. The number of pyridine rings is 1. The third-order valence-corrected chi connectivity index (χ3v) is 4.11. The number of thiophene rings is 1. The van der Waals surface area contributed by atoms with Gasteiger partial charge in [-0.3, -0.25) is 4.79 Å². The van der Waals surface area contributed by atoms with Crippen molar-refractivity contribution >= 4 is 39.7 Å². The summed E-state index contributed by atoms with van der Waals surface area (Å²) in [5.41, 5.74) is 1.24. The molecule has 2 heterocycles. The second kappa shape index (κ2) is 5.61. The minimum atomic E-state index is -0.180. The Labute approximate surface area is 125 Å². The third-order valence-electron chi connectivity index (χ3n) is 2.88. The van der Waals surface area contributed by atoms with Crippen molar-refractivity contribution in [1.82, 2.24) is 10.3 Å². The summed E-state index contributed by atoms with van der Waals surface area (Å²) in [4.78, 5) is 17.4. The topological polar surface area (TPSA) is 42.0 Å². The normalized spacial score (nSPS) is 10.7. The van der Waals surface area contributed by atoms with E-state index in [0.717, 1.165) is 20.1 Å². The number of halogens is 1. The lowest BCUT2D eigenvalue weighted by atomic mass is 10.2. The summed E-state index contributed by atoms with van der Waals surface area (Å²) < 4.78 is 0.720. The molecule has 2 aromatic heterocycles. The predicted molar refractivity (Wildman–Crippen MR) is 82.2 cm³/mol. The molecule has 3 nitrogen and oxygen atoms in total. The second-order valence-corrected chi connectivity index (χ2v) is 6.08. The van der Waals surface area contributed by atoms with E-state index in [4.69, 9.17) is 11.6 Å². The van der Waals surface area contributed by atoms with Crippen LogP contribution in [-0.2, 0) is 6.54 Å². The minimum Gasteiger partial charge on any atom is -0.346 e. The predicted octanol–water partition coefficient (Wildman–Crippen LogP) is 3.88. The number of rotatable bonds is 3. The van der Waals surface area contributed by atoms with Crippen LogP contribution in [0.5, 0.6) is 0 Å². The summed E-state index contributed by atoms with van der Waals surface area (Å²) in [6.07, 6.45) is 0. The Bertz CT molecular complexity index is 769. The fourth-order valence-electron chi connectivity index (χ4n) is 1.90. The lowest BCUT2D eigenvalue weighted by Gasteiger charge is -2.04. The highest BCUT2D eigenvalue weighted by molar-refractivity contribution is 7.16. The van der Waals surface area contributed by atoms with E-state index in [-0.39, 0.29) is 5.91 Å². The molecular formula is C15H11ClN2OS. The molecule has 1 amide bonds. The Morgan fingerprint density at radius 1 is 1.15 bits per heavy atom. The van der Waals surface area contributed by atoms with Gasteiger partial charge >= 0.3 is 0 Å². The summed E-state index contributed by atoms with van der Waals surface area (Å²) in [5.74, 6) is -0.180. The van der Waals surface area contributed by atoms with E-state index in [0.29, 0.717) is 12.2 Å². The Morgan fingerprint density at radius 3 is 2.80 bits per heavy atom. The van der Waals surface area contributed by atoms with E-state index in [2.05, 4.69) is 10.3 Å². The van der Waals surface area contributed by atoms with Crippen LogP contribution in [0.15, 0.2) is 48.5 Å². The fraction of sp³-hybridized carbons (Fsp3) is 0.0667. The summed E-state index contributed by atoms with van der Waals surface area (Å²) in [6.45, 7) is 0.463. The molecule has 0 saturated heterocycles. The summed E-state index contributed by atoms with van der Waals surface area (Å²) in [7, 11) is 0. The highest BCUT2D eigenvalue weighted by atomic mass is 35.5. The molecule has 3 rings (SSSR count). The van der Waals surface area contributed by atoms with Crippen LogP contribution in [0.3, 0.4) is 0 Å². The first-order chi connectivity index (χ1) is 9.72. The van der Waals surface area contributed by atoms with E-state index < -0.39 is 0 Å². The molecule has 0 spiro atoms. The van der Waals surface area contributed by atoms with Crippen LogP contribution in [-0.4, -0.2) is 10.9 Å². The molecule has 0 bridgehead atoms. The van der Waals surface area contributed by atoms with Gasteiger partial charge in [0.15, 0.2) is 0 Å². The molecule has 0 atom stereocenters. The van der Waals surface area contributed by atoms with Gasteiger partial charge in [0.1, 0.15) is 5.69 Å². The van der Waals surface area contributed by atoms with Crippen LogP contribution >= 0.6 is 22.9 Å². The van der Waals surface area contributed by atoms with Gasteiger partial charge in [-0.1, -0.05) is 35.9 Å². The van der Waals surface area contributed by atoms with Crippen molar-refractivity contribution in [2.75, 3.05) is 0 Å². The third kappa shape index (κ3) is 2.81. The lowest BCUT2D eigenvalue weighted by molar-refractivity contribution is 0.0946. The van der Waals surface area contributed by atoms with Gasteiger partial charge in [-0.25, -0.2) is 4.98 Å². The number of amides is 1. The minimum absolute atomic E-state index is 0.180. The zero-order valence-corrected chi connectivity index (χ0v) is 12.0. The number of benzene rings is 1. The highest BCUT2D eigenvalue weighted by Gasteiger charge is 2.08. The first-order valence-corrected chi connectivity index (χ1v) is 7.30. The van der Waals surface area contributed by atoms with Gasteiger partial charge in [-0.15, -0.1) is 11.3 Å². The number of hydrogen-bond acceptors (Lipinski definition) is 3. The molecule has 1 N–H and O–H groups in total. The Kier molecular flexibility index (Phi) is 3.67. The Balaban J connectivity index is 1.75. The molecule has 0 radical (unpaired) electrons. The maximum Gasteiger partial charge on any atom is 0.270 e. The van der Waals surface area contributed by atoms with Gasteiger partial charge in [-0.2, -0.15) is 0 Å². The highest BCUT2D eigenvalue weighted by Crippen LogP contribution is 2.21. The molecular weight excluding hydrogens is 292 g/mol. The van der Waals surface area contributed by atoms with Gasteiger partial charge in [0, 0.05) is 10.3 Å². The molecule has 5 heteroatoms. The van der Waals surface area contributed by atoms with Crippen molar-refractivity contribution in [3.8, 4) is 0 Å². The maximum absolute atomic E-state index is 12.1. The van der Waals surface area contributed by atoms with Gasteiger partial charge in [0.2, 0.25) is 0 Å². The van der Waals surface area contributed by atoms with E-state index in [9.17, 15) is 4.79 Å². The summed E-state index contributed by atoms with van der Waals surface area (Å²) >= 11 is 7.31. The molecule has 0 aliphatic rings. The van der Waals surface area contributed by atoms with Crippen molar-refractivity contribution in [1.29, 1.82) is 0 Å². The first kappa shape index (κ1) is 13.1. The largest absolute Gasteiger partial charge is 0.346 e. The zero-order valence-electron chi connectivity index (χ0n) is 10.5.